The summed E-state index contributed by atoms with van der Waals surface area (Å²) in [5.41, 5.74) is 8.99. The van der Waals surface area contributed by atoms with E-state index in [0.717, 1.165) is 5.56 Å². The number of primary amides is 1. The average Bonchev–Trinajstić information content (AvgIpc) is 2.89. The number of benzene rings is 1. The van der Waals surface area contributed by atoms with E-state index in [1.54, 1.807) is 30.4 Å². The maximum Gasteiger partial charge on any atom is 0.339 e. The second-order valence-electron chi connectivity index (χ2n) is 4.17. The van der Waals surface area contributed by atoms with Gasteiger partial charge >= 0.3 is 6.03 Å². The highest BCUT2D eigenvalue weighted by atomic mass is 19.1. The van der Waals surface area contributed by atoms with E-state index in [0.29, 0.717) is 10.8 Å². The first-order chi connectivity index (χ1) is 9.56. The molecule has 1 aliphatic carbocycles. The number of carbonyl (C=O) groups is 1. The molecule has 4 N–H and O–H groups in total. The number of urea groups is 1. The van der Waals surface area contributed by atoms with E-state index >= 15 is 0 Å². The molecule has 0 aliphatic heterocycles. The summed E-state index contributed by atoms with van der Waals surface area (Å²) in [5, 5.41) is 9.74. The zero-order valence-corrected chi connectivity index (χ0v) is 10.5. The van der Waals surface area contributed by atoms with Crippen molar-refractivity contribution >= 4 is 6.03 Å². The fraction of sp³-hybridized carbons (Fsp3) is 0.154. The number of nitrogens with zero attached hydrogens (tertiary/aromatic N) is 1. The topological polar surface area (TPSA) is 87.8 Å². The lowest BCUT2D eigenvalue weighted by Crippen LogP contribution is -2.38. The van der Waals surface area contributed by atoms with E-state index in [9.17, 15) is 14.4 Å². The van der Waals surface area contributed by atoms with E-state index in [1.165, 1.54) is 12.1 Å². The van der Waals surface area contributed by atoms with Crippen molar-refractivity contribution in [2.24, 2.45) is 5.73 Å². The summed E-state index contributed by atoms with van der Waals surface area (Å²) in [4.78, 5) is 16.0. The van der Waals surface area contributed by atoms with Gasteiger partial charge in [0.05, 0.1) is 12.3 Å². The number of allylic oxidation sites excluding steroid dienone is 1. The Morgan fingerprint density at radius 2 is 2.15 bits per heavy atom. The van der Waals surface area contributed by atoms with Gasteiger partial charge in [0.2, 0.25) is 0 Å². The lowest BCUT2D eigenvalue weighted by atomic mass is 10.2. The predicted molar refractivity (Wildman–Crippen MR) is 68.5 cm³/mol. The number of hydrogen-bond acceptors (Lipinski definition) is 4. The first-order valence-electron chi connectivity index (χ1n) is 5.86. The van der Waals surface area contributed by atoms with Gasteiger partial charge in [-0.3, -0.25) is 15.5 Å². The van der Waals surface area contributed by atoms with Crippen LogP contribution in [0.2, 0.25) is 0 Å². The molecule has 0 bridgehead atoms. The summed E-state index contributed by atoms with van der Waals surface area (Å²) in [7, 11) is 0. The van der Waals surface area contributed by atoms with Crippen LogP contribution in [0.15, 0.2) is 48.2 Å². The van der Waals surface area contributed by atoms with Crippen molar-refractivity contribution in [3.05, 3.63) is 59.6 Å². The number of carbonyl (C=O) groups excluding carboxylic acids is 1. The summed E-state index contributed by atoms with van der Waals surface area (Å²) >= 11 is 0. The van der Waals surface area contributed by atoms with Gasteiger partial charge in [-0.15, -0.1) is 0 Å². The molecule has 0 fully saturated rings. The molecule has 6 nitrogen and oxygen atoms in total. The first-order valence-corrected chi connectivity index (χ1v) is 5.86. The maximum absolute atomic E-state index is 12.7. The number of nitrogens with two attached hydrogens (primary N) is 1. The second-order valence-corrected chi connectivity index (χ2v) is 4.17. The van der Waals surface area contributed by atoms with Crippen LogP contribution >= 0.6 is 0 Å². The minimum Gasteiger partial charge on any atom is -0.350 e. The second kappa shape index (κ2) is 6.18. The summed E-state index contributed by atoms with van der Waals surface area (Å²) in [6.45, 7) is 0.245. The van der Waals surface area contributed by atoms with Crippen LogP contribution in [0.1, 0.15) is 5.56 Å². The van der Waals surface area contributed by atoms with Crippen LogP contribution in [0.3, 0.4) is 0 Å². The van der Waals surface area contributed by atoms with Crippen LogP contribution in [0.4, 0.5) is 9.18 Å². The van der Waals surface area contributed by atoms with Crippen molar-refractivity contribution in [2.45, 2.75) is 12.6 Å². The molecule has 0 unspecified atom stereocenters. The Morgan fingerprint density at radius 1 is 1.45 bits per heavy atom. The van der Waals surface area contributed by atoms with Crippen molar-refractivity contribution in [2.75, 3.05) is 0 Å². The van der Waals surface area contributed by atoms with Crippen LogP contribution < -0.4 is 11.2 Å². The zero-order chi connectivity index (χ0) is 14.5. The van der Waals surface area contributed by atoms with Crippen LogP contribution in [-0.4, -0.2) is 22.3 Å². The van der Waals surface area contributed by atoms with Crippen molar-refractivity contribution in [1.29, 1.82) is 0 Å². The number of nitrogens with one attached hydrogen (secondary N) is 1. The molecule has 0 aromatic heterocycles. The van der Waals surface area contributed by atoms with Crippen molar-refractivity contribution in [1.82, 2.24) is 10.5 Å². The van der Waals surface area contributed by atoms with Gasteiger partial charge in [0.1, 0.15) is 11.9 Å². The van der Waals surface area contributed by atoms with Gasteiger partial charge in [-0.25, -0.2) is 9.18 Å². The van der Waals surface area contributed by atoms with Gasteiger partial charge in [0.15, 0.2) is 0 Å². The van der Waals surface area contributed by atoms with Crippen LogP contribution in [0.5, 0.6) is 0 Å². The van der Waals surface area contributed by atoms with E-state index in [1.807, 2.05) is 0 Å². The average molecular weight is 279 g/mol. The highest BCUT2D eigenvalue weighted by molar-refractivity contribution is 5.71. The van der Waals surface area contributed by atoms with E-state index in [4.69, 9.17) is 10.6 Å². The standard InChI is InChI=1S/C13H14FN3O3/c14-10-3-1-9(2-4-10)8-20-16-11-5-6-12(7-11)17(19)13(15)18/h1-7,12,16,19H,8H2,(H2,15,18)/t12-/m0/s1. The Bertz CT molecular complexity index is 542. The molecular formula is C13H14FN3O3. The van der Waals surface area contributed by atoms with Crippen LogP contribution in [0, 0.1) is 5.82 Å². The molecule has 2 amide bonds. The van der Waals surface area contributed by atoms with Gasteiger partial charge in [-0.1, -0.05) is 18.2 Å². The fourth-order valence-corrected chi connectivity index (χ4v) is 1.65. The first kappa shape index (κ1) is 14.0. The lowest BCUT2D eigenvalue weighted by molar-refractivity contribution is -0.0486. The summed E-state index contributed by atoms with van der Waals surface area (Å²) in [5.74, 6) is -0.305. The Hall–Kier alpha value is -2.38. The molecule has 1 aromatic rings. The Kier molecular flexibility index (Phi) is 4.34. The minimum absolute atomic E-state index is 0.245. The smallest absolute Gasteiger partial charge is 0.339 e. The molecule has 106 valence electrons. The Labute approximate surface area is 114 Å². The predicted octanol–water partition coefficient (Wildman–Crippen LogP) is 1.44. The number of hydrogen-bond donors (Lipinski definition) is 3. The summed E-state index contributed by atoms with van der Waals surface area (Å²) < 4.78 is 12.7. The number of hydroxylamine groups is 3. The molecule has 1 aromatic carbocycles. The minimum atomic E-state index is -0.940. The molecule has 20 heavy (non-hydrogen) atoms. The van der Waals surface area contributed by atoms with Gasteiger partial charge in [-0.05, 0) is 29.8 Å². The van der Waals surface area contributed by atoms with Crippen molar-refractivity contribution in [3.63, 3.8) is 0 Å². The van der Waals surface area contributed by atoms with Crippen molar-refractivity contribution in [3.8, 4) is 0 Å². The molecule has 1 aliphatic rings. The molecule has 1 atom stereocenters. The molecule has 0 spiro atoms. The van der Waals surface area contributed by atoms with E-state index in [2.05, 4.69) is 5.48 Å². The molecule has 0 saturated heterocycles. The molecule has 0 saturated carbocycles. The number of rotatable bonds is 5. The van der Waals surface area contributed by atoms with Crippen molar-refractivity contribution < 1.29 is 19.2 Å². The molecule has 0 radical (unpaired) electrons. The molecule has 2 rings (SSSR count). The molecule has 7 heteroatoms. The SMILES string of the molecule is NC(=O)N(O)[C@H]1C=CC(NOCc2ccc(F)cc2)=C1. The van der Waals surface area contributed by atoms with Crippen LogP contribution in [0.25, 0.3) is 0 Å². The Balaban J connectivity index is 1.81. The van der Waals surface area contributed by atoms with Gasteiger partial charge in [0, 0.05) is 0 Å². The third-order valence-electron chi connectivity index (χ3n) is 2.67. The summed E-state index contributed by atoms with van der Waals surface area (Å²) in [6.07, 6.45) is 4.78. The largest absolute Gasteiger partial charge is 0.350 e. The molecule has 0 heterocycles. The highest BCUT2D eigenvalue weighted by Gasteiger charge is 2.19. The number of halogens is 1. The Morgan fingerprint density at radius 3 is 2.80 bits per heavy atom. The maximum atomic E-state index is 12.7. The summed E-state index contributed by atoms with van der Waals surface area (Å²) in [6, 6.07) is 4.36. The van der Waals surface area contributed by atoms with E-state index < -0.39 is 12.1 Å². The highest BCUT2D eigenvalue weighted by Crippen LogP contribution is 2.12. The molecular weight excluding hydrogens is 265 g/mol. The van der Waals surface area contributed by atoms with Crippen LogP contribution in [-0.2, 0) is 11.4 Å². The quantitative estimate of drug-likeness (QED) is 0.562. The lowest BCUT2D eigenvalue weighted by Gasteiger charge is -2.15. The van der Waals surface area contributed by atoms with Gasteiger partial charge in [0.25, 0.3) is 0 Å². The van der Waals surface area contributed by atoms with Gasteiger partial charge in [-0.2, -0.15) is 5.06 Å². The van der Waals surface area contributed by atoms with E-state index in [-0.39, 0.29) is 12.4 Å². The number of amides is 2. The normalized spacial score (nSPS) is 16.9. The third kappa shape index (κ3) is 3.56. The fourth-order valence-electron chi connectivity index (χ4n) is 1.65. The zero-order valence-electron chi connectivity index (χ0n) is 10.5. The monoisotopic (exact) mass is 279 g/mol. The third-order valence-corrected chi connectivity index (χ3v) is 2.67. The van der Waals surface area contributed by atoms with Gasteiger partial charge < -0.3 is 5.73 Å².